The Balaban J connectivity index is 1.76. The van der Waals surface area contributed by atoms with Crippen LogP contribution in [-0.2, 0) is 11.3 Å². The van der Waals surface area contributed by atoms with Crippen molar-refractivity contribution in [2.45, 2.75) is 39.8 Å². The molecule has 0 spiro atoms. The van der Waals surface area contributed by atoms with Crippen LogP contribution in [0.4, 0.5) is 0 Å². The van der Waals surface area contributed by atoms with Crippen molar-refractivity contribution >= 4 is 5.91 Å². The van der Waals surface area contributed by atoms with Crippen LogP contribution in [0.15, 0.2) is 36.9 Å². The van der Waals surface area contributed by atoms with Gasteiger partial charge in [-0.15, -0.1) is 0 Å². The van der Waals surface area contributed by atoms with E-state index in [0.717, 1.165) is 29.8 Å². The van der Waals surface area contributed by atoms with Crippen molar-refractivity contribution in [1.82, 2.24) is 14.9 Å². The number of amides is 1. The molecule has 2 aromatic rings. The number of nitrogens with one attached hydrogen (secondary N) is 1. The number of nitrogens with zero attached hydrogens (tertiary/aromatic N) is 2. The molecular formula is C17H23N3O2. The SMILES string of the molecule is Cc1cccc(OC(C)C(=O)NCCCn2ccnc2)c1C. The van der Waals surface area contributed by atoms with Crippen LogP contribution in [0.25, 0.3) is 0 Å². The smallest absolute Gasteiger partial charge is 0.260 e. The molecular weight excluding hydrogens is 278 g/mol. The highest BCUT2D eigenvalue weighted by Crippen LogP contribution is 2.21. The van der Waals surface area contributed by atoms with Crippen molar-refractivity contribution in [3.8, 4) is 5.75 Å². The minimum atomic E-state index is -0.506. The summed E-state index contributed by atoms with van der Waals surface area (Å²) in [7, 11) is 0. The lowest BCUT2D eigenvalue weighted by Crippen LogP contribution is -2.37. The van der Waals surface area contributed by atoms with Crippen molar-refractivity contribution in [3.05, 3.63) is 48.0 Å². The number of benzene rings is 1. The molecule has 0 aliphatic rings. The molecule has 118 valence electrons. The molecule has 1 atom stereocenters. The van der Waals surface area contributed by atoms with Crippen LogP contribution in [0.3, 0.4) is 0 Å². The lowest BCUT2D eigenvalue weighted by Gasteiger charge is -2.17. The summed E-state index contributed by atoms with van der Waals surface area (Å²) in [5.41, 5.74) is 2.23. The van der Waals surface area contributed by atoms with Crippen molar-refractivity contribution in [2.24, 2.45) is 0 Å². The van der Waals surface area contributed by atoms with E-state index in [9.17, 15) is 4.79 Å². The summed E-state index contributed by atoms with van der Waals surface area (Å²) in [6.45, 7) is 7.26. The Bertz CT molecular complexity index is 608. The number of hydrogen-bond donors (Lipinski definition) is 1. The lowest BCUT2D eigenvalue weighted by atomic mass is 10.1. The van der Waals surface area contributed by atoms with Gasteiger partial charge in [-0.2, -0.15) is 0 Å². The van der Waals surface area contributed by atoms with E-state index in [1.54, 1.807) is 19.4 Å². The Kier molecular flexibility index (Phi) is 5.58. The maximum Gasteiger partial charge on any atom is 0.260 e. The molecule has 0 fully saturated rings. The minimum Gasteiger partial charge on any atom is -0.481 e. The fourth-order valence-corrected chi connectivity index (χ4v) is 2.13. The van der Waals surface area contributed by atoms with Crippen molar-refractivity contribution in [1.29, 1.82) is 0 Å². The largest absolute Gasteiger partial charge is 0.481 e. The van der Waals surface area contributed by atoms with Gasteiger partial charge < -0.3 is 14.6 Å². The van der Waals surface area contributed by atoms with E-state index in [1.807, 2.05) is 42.8 Å². The number of aryl methyl sites for hydroxylation is 2. The Labute approximate surface area is 131 Å². The summed E-state index contributed by atoms with van der Waals surface area (Å²) < 4.78 is 7.75. The summed E-state index contributed by atoms with van der Waals surface area (Å²) in [6, 6.07) is 5.86. The topological polar surface area (TPSA) is 56.1 Å². The van der Waals surface area contributed by atoms with Gasteiger partial charge in [0, 0.05) is 25.5 Å². The molecule has 0 saturated carbocycles. The summed E-state index contributed by atoms with van der Waals surface area (Å²) in [4.78, 5) is 16.0. The first kappa shape index (κ1) is 16.1. The summed E-state index contributed by atoms with van der Waals surface area (Å²) in [5.74, 6) is 0.674. The predicted molar refractivity (Wildman–Crippen MR) is 85.9 cm³/mol. The summed E-state index contributed by atoms with van der Waals surface area (Å²) in [6.07, 6.45) is 5.78. The maximum atomic E-state index is 12.0. The van der Waals surface area contributed by atoms with E-state index in [1.165, 1.54) is 0 Å². The van der Waals surface area contributed by atoms with Gasteiger partial charge in [0.15, 0.2) is 6.10 Å². The molecule has 0 saturated heterocycles. The average molecular weight is 301 g/mol. The second-order valence-electron chi connectivity index (χ2n) is 5.40. The van der Waals surface area contributed by atoms with Crippen LogP contribution < -0.4 is 10.1 Å². The molecule has 1 amide bonds. The van der Waals surface area contributed by atoms with Crippen LogP contribution in [0.5, 0.6) is 5.75 Å². The number of ether oxygens (including phenoxy) is 1. The molecule has 1 aromatic heterocycles. The number of aromatic nitrogens is 2. The average Bonchev–Trinajstić information content (AvgIpc) is 3.01. The third kappa shape index (κ3) is 4.35. The number of carbonyl (C=O) groups is 1. The van der Waals surface area contributed by atoms with Crippen LogP contribution >= 0.6 is 0 Å². The summed E-state index contributed by atoms with van der Waals surface area (Å²) in [5, 5.41) is 2.90. The third-order valence-electron chi connectivity index (χ3n) is 3.68. The molecule has 2 rings (SSSR count). The summed E-state index contributed by atoms with van der Waals surface area (Å²) >= 11 is 0. The van der Waals surface area contributed by atoms with E-state index in [0.29, 0.717) is 6.54 Å². The zero-order valence-electron chi connectivity index (χ0n) is 13.4. The van der Waals surface area contributed by atoms with Crippen LogP contribution in [0.2, 0.25) is 0 Å². The van der Waals surface area contributed by atoms with Gasteiger partial charge >= 0.3 is 0 Å². The van der Waals surface area contributed by atoms with Gasteiger partial charge in [-0.3, -0.25) is 4.79 Å². The van der Waals surface area contributed by atoms with Crippen LogP contribution in [0.1, 0.15) is 24.5 Å². The van der Waals surface area contributed by atoms with E-state index in [4.69, 9.17) is 4.74 Å². The first-order valence-electron chi connectivity index (χ1n) is 7.54. The van der Waals surface area contributed by atoms with Crippen molar-refractivity contribution in [2.75, 3.05) is 6.54 Å². The maximum absolute atomic E-state index is 12.0. The third-order valence-corrected chi connectivity index (χ3v) is 3.68. The number of hydrogen-bond acceptors (Lipinski definition) is 3. The van der Waals surface area contributed by atoms with Gasteiger partial charge in [-0.25, -0.2) is 4.98 Å². The molecule has 0 aliphatic heterocycles. The Morgan fingerprint density at radius 2 is 2.23 bits per heavy atom. The Morgan fingerprint density at radius 3 is 2.95 bits per heavy atom. The molecule has 1 heterocycles. The molecule has 0 radical (unpaired) electrons. The van der Waals surface area contributed by atoms with Crippen molar-refractivity contribution in [3.63, 3.8) is 0 Å². The number of rotatable bonds is 7. The van der Waals surface area contributed by atoms with Gasteiger partial charge in [0.1, 0.15) is 5.75 Å². The molecule has 22 heavy (non-hydrogen) atoms. The van der Waals surface area contributed by atoms with E-state index in [-0.39, 0.29) is 5.91 Å². The monoisotopic (exact) mass is 301 g/mol. The zero-order valence-corrected chi connectivity index (χ0v) is 13.4. The van der Waals surface area contributed by atoms with Gasteiger partial charge in [-0.05, 0) is 44.4 Å². The van der Waals surface area contributed by atoms with Crippen LogP contribution in [0, 0.1) is 13.8 Å². The van der Waals surface area contributed by atoms with Gasteiger partial charge in [-0.1, -0.05) is 12.1 Å². The molecule has 1 N–H and O–H groups in total. The molecule has 5 nitrogen and oxygen atoms in total. The quantitative estimate of drug-likeness (QED) is 0.799. The Morgan fingerprint density at radius 1 is 1.41 bits per heavy atom. The highest BCUT2D eigenvalue weighted by atomic mass is 16.5. The number of carbonyl (C=O) groups excluding carboxylic acids is 1. The fraction of sp³-hybridized carbons (Fsp3) is 0.412. The normalized spacial score (nSPS) is 12.0. The molecule has 5 heteroatoms. The first-order chi connectivity index (χ1) is 10.6. The van der Waals surface area contributed by atoms with Crippen LogP contribution in [-0.4, -0.2) is 28.1 Å². The Hall–Kier alpha value is -2.30. The number of imidazole rings is 1. The van der Waals surface area contributed by atoms with Gasteiger partial charge in [0.2, 0.25) is 0 Å². The van der Waals surface area contributed by atoms with Gasteiger partial charge in [0.05, 0.1) is 6.33 Å². The predicted octanol–water partition coefficient (Wildman–Crippen LogP) is 2.47. The van der Waals surface area contributed by atoms with E-state index < -0.39 is 6.10 Å². The van der Waals surface area contributed by atoms with Gasteiger partial charge in [0.25, 0.3) is 5.91 Å². The lowest BCUT2D eigenvalue weighted by molar-refractivity contribution is -0.127. The molecule has 0 bridgehead atoms. The minimum absolute atomic E-state index is 0.0912. The molecule has 0 aliphatic carbocycles. The van der Waals surface area contributed by atoms with E-state index in [2.05, 4.69) is 10.3 Å². The fourth-order valence-electron chi connectivity index (χ4n) is 2.13. The standard InChI is InChI=1S/C17H23N3O2/c1-13-6-4-7-16(14(13)2)22-15(3)17(21)19-8-5-10-20-11-9-18-12-20/h4,6-7,9,11-12,15H,5,8,10H2,1-3H3,(H,19,21). The second kappa shape index (κ2) is 7.64. The second-order valence-corrected chi connectivity index (χ2v) is 5.40. The highest BCUT2D eigenvalue weighted by Gasteiger charge is 2.15. The highest BCUT2D eigenvalue weighted by molar-refractivity contribution is 5.80. The van der Waals surface area contributed by atoms with E-state index >= 15 is 0 Å². The first-order valence-corrected chi connectivity index (χ1v) is 7.54. The molecule has 1 aromatic carbocycles. The van der Waals surface area contributed by atoms with Crippen molar-refractivity contribution < 1.29 is 9.53 Å². The molecule has 1 unspecified atom stereocenters. The zero-order chi connectivity index (χ0) is 15.9.